The van der Waals surface area contributed by atoms with Crippen LogP contribution in [0.2, 0.25) is 0 Å². The van der Waals surface area contributed by atoms with Gasteiger partial charge in [0.15, 0.2) is 0 Å². The first-order valence-electron chi connectivity index (χ1n) is 14.1. The summed E-state index contributed by atoms with van der Waals surface area (Å²) in [6.07, 6.45) is 3.68. The van der Waals surface area contributed by atoms with Crippen molar-refractivity contribution in [1.29, 1.82) is 0 Å². The number of carbonyl (C=O) groups excluding carboxylic acids is 2. The number of ketones is 2. The standard InChI is InChI=1S/C32H30Br2O2S4/c1-3-15-5-7-21(37-15)17-13-19-27(23-9-11-25(33)39-23)30-20(14-18(32(30)36)22-8-6-16(4-2)38-22)28(29(19)31(17)35)24-10-12-26(34)40-24/h5-12,17-20,27-30H,3-4,13-14H2,1-2H3. The smallest absolute Gasteiger partial charge is 0.145 e. The first-order chi connectivity index (χ1) is 19.4. The molecule has 0 aliphatic heterocycles. The minimum absolute atomic E-state index is 0.0593. The molecule has 0 saturated heterocycles. The summed E-state index contributed by atoms with van der Waals surface area (Å²) < 4.78 is 2.19. The average molecular weight is 735 g/mol. The zero-order chi connectivity index (χ0) is 27.7. The molecule has 4 aromatic rings. The molecule has 0 amide bonds. The number of thiophene rings is 4. The van der Waals surface area contributed by atoms with E-state index in [-0.39, 0.29) is 47.3 Å². The molecule has 8 unspecified atom stereocenters. The van der Waals surface area contributed by atoms with Gasteiger partial charge in [0.25, 0.3) is 0 Å². The first kappa shape index (κ1) is 27.9. The minimum Gasteiger partial charge on any atom is -0.299 e. The molecule has 0 spiro atoms. The molecule has 3 aliphatic rings. The number of rotatable bonds is 6. The maximum Gasteiger partial charge on any atom is 0.145 e. The summed E-state index contributed by atoms with van der Waals surface area (Å²) in [5.41, 5.74) is 0. The normalized spacial score (nSPS) is 31.6. The average Bonchev–Trinajstić information content (AvgIpc) is 3.78. The molecule has 208 valence electrons. The Kier molecular flexibility index (Phi) is 7.66. The Morgan fingerprint density at radius 1 is 0.575 bits per heavy atom. The van der Waals surface area contributed by atoms with Crippen LogP contribution in [0.25, 0.3) is 0 Å². The number of aryl methyl sites for hydroxylation is 2. The highest BCUT2D eigenvalue weighted by Crippen LogP contribution is 2.67. The summed E-state index contributed by atoms with van der Waals surface area (Å²) in [6.45, 7) is 4.36. The Morgan fingerprint density at radius 2 is 0.975 bits per heavy atom. The SMILES string of the molecule is CCc1ccc(C2CC3C(C2=O)C(c2ccc(Br)s2)C2CC(c4ccc(CC)s4)C(=O)C2C3c2ccc(Br)s2)s1. The van der Waals surface area contributed by atoms with Gasteiger partial charge in [0.05, 0.1) is 19.4 Å². The van der Waals surface area contributed by atoms with Gasteiger partial charge in [-0.2, -0.15) is 0 Å². The summed E-state index contributed by atoms with van der Waals surface area (Å²) in [5.74, 6) is 1.08. The molecule has 4 aromatic heterocycles. The Balaban J connectivity index is 1.37. The third-order valence-electron chi connectivity index (χ3n) is 9.57. The van der Waals surface area contributed by atoms with Gasteiger partial charge in [-0.1, -0.05) is 13.8 Å². The lowest BCUT2D eigenvalue weighted by molar-refractivity contribution is -0.129. The van der Waals surface area contributed by atoms with Crippen molar-refractivity contribution in [2.45, 2.75) is 63.2 Å². The van der Waals surface area contributed by atoms with Crippen LogP contribution >= 0.6 is 77.2 Å². The van der Waals surface area contributed by atoms with E-state index in [9.17, 15) is 9.59 Å². The molecule has 0 N–H and O–H groups in total. The van der Waals surface area contributed by atoms with E-state index in [0.717, 1.165) is 33.3 Å². The largest absolute Gasteiger partial charge is 0.299 e. The second kappa shape index (κ2) is 11.0. The number of carbonyl (C=O) groups is 2. The predicted molar refractivity (Wildman–Crippen MR) is 176 cm³/mol. The van der Waals surface area contributed by atoms with E-state index in [4.69, 9.17) is 0 Å². The highest BCUT2D eigenvalue weighted by atomic mass is 79.9. The zero-order valence-electron chi connectivity index (χ0n) is 22.3. The lowest BCUT2D eigenvalue weighted by atomic mass is 9.58. The molecule has 0 bridgehead atoms. The molecule has 4 heterocycles. The molecule has 3 saturated carbocycles. The number of Topliss-reactive ketones (excluding diaryl/α,β-unsaturated/α-hetero) is 2. The summed E-state index contributed by atoms with van der Waals surface area (Å²) in [4.78, 5) is 36.8. The van der Waals surface area contributed by atoms with Crippen molar-refractivity contribution in [3.8, 4) is 0 Å². The Bertz CT molecular complexity index is 1460. The fourth-order valence-electron chi connectivity index (χ4n) is 7.96. The van der Waals surface area contributed by atoms with Crippen molar-refractivity contribution < 1.29 is 9.59 Å². The Morgan fingerprint density at radius 3 is 1.30 bits per heavy atom. The summed E-state index contributed by atoms with van der Waals surface area (Å²) >= 11 is 14.6. The third kappa shape index (κ3) is 4.55. The fraction of sp³-hybridized carbons (Fsp3) is 0.438. The Hall–Kier alpha value is -0.900. The number of halogens is 2. The molecule has 8 atom stereocenters. The quantitative estimate of drug-likeness (QED) is 0.198. The van der Waals surface area contributed by atoms with Crippen molar-refractivity contribution in [2.24, 2.45) is 23.7 Å². The molecule has 3 fully saturated rings. The molecule has 3 aliphatic carbocycles. The number of fused-ring (bicyclic) bond motifs is 2. The van der Waals surface area contributed by atoms with Gasteiger partial charge in [-0.25, -0.2) is 0 Å². The highest BCUT2D eigenvalue weighted by molar-refractivity contribution is 9.11. The first-order valence-corrected chi connectivity index (χ1v) is 19.0. The lowest BCUT2D eigenvalue weighted by Gasteiger charge is -2.45. The Labute approximate surface area is 268 Å². The fourth-order valence-corrected chi connectivity index (χ4v) is 13.4. The molecule has 0 aromatic carbocycles. The molecule has 0 radical (unpaired) electrons. The summed E-state index contributed by atoms with van der Waals surface area (Å²) in [6, 6.07) is 17.5. The van der Waals surface area contributed by atoms with Crippen LogP contribution in [0.4, 0.5) is 0 Å². The van der Waals surface area contributed by atoms with Crippen LogP contribution in [0.15, 0.2) is 56.1 Å². The van der Waals surface area contributed by atoms with Crippen LogP contribution in [-0.2, 0) is 22.4 Å². The van der Waals surface area contributed by atoms with Gasteiger partial charge in [0.2, 0.25) is 0 Å². The number of hydrogen-bond acceptors (Lipinski definition) is 6. The third-order valence-corrected chi connectivity index (χ3v) is 15.7. The van der Waals surface area contributed by atoms with Crippen molar-refractivity contribution in [2.75, 3.05) is 0 Å². The van der Waals surface area contributed by atoms with Crippen LogP contribution in [-0.4, -0.2) is 11.6 Å². The molecule has 2 nitrogen and oxygen atoms in total. The van der Waals surface area contributed by atoms with E-state index < -0.39 is 0 Å². The van der Waals surface area contributed by atoms with Crippen LogP contribution in [0.1, 0.15) is 79.6 Å². The van der Waals surface area contributed by atoms with Crippen molar-refractivity contribution >= 4 is 88.8 Å². The van der Waals surface area contributed by atoms with Crippen LogP contribution in [0.3, 0.4) is 0 Å². The van der Waals surface area contributed by atoms with E-state index in [2.05, 4.69) is 94.2 Å². The van der Waals surface area contributed by atoms with E-state index in [1.165, 1.54) is 29.3 Å². The second-order valence-corrected chi connectivity index (χ2v) is 18.8. The topological polar surface area (TPSA) is 34.1 Å². The summed E-state index contributed by atoms with van der Waals surface area (Å²) in [5, 5.41) is 0. The zero-order valence-corrected chi connectivity index (χ0v) is 28.7. The maximum atomic E-state index is 14.6. The van der Waals surface area contributed by atoms with E-state index in [1.54, 1.807) is 22.7 Å². The van der Waals surface area contributed by atoms with E-state index in [0.29, 0.717) is 11.6 Å². The molecule has 8 heteroatoms. The summed E-state index contributed by atoms with van der Waals surface area (Å²) in [7, 11) is 0. The van der Waals surface area contributed by atoms with Gasteiger partial charge in [-0.05, 0) is 118 Å². The van der Waals surface area contributed by atoms with Gasteiger partial charge in [0, 0.05) is 52.9 Å². The van der Waals surface area contributed by atoms with Gasteiger partial charge >= 0.3 is 0 Å². The van der Waals surface area contributed by atoms with Crippen molar-refractivity contribution in [3.05, 3.63) is 85.4 Å². The molecular weight excluding hydrogens is 704 g/mol. The van der Waals surface area contributed by atoms with Gasteiger partial charge in [-0.3, -0.25) is 9.59 Å². The monoisotopic (exact) mass is 732 g/mol. The van der Waals surface area contributed by atoms with Crippen LogP contribution < -0.4 is 0 Å². The maximum absolute atomic E-state index is 14.6. The molecular formula is C32H30Br2O2S4. The van der Waals surface area contributed by atoms with Crippen molar-refractivity contribution in [1.82, 2.24) is 0 Å². The van der Waals surface area contributed by atoms with E-state index in [1.807, 2.05) is 22.7 Å². The lowest BCUT2D eigenvalue weighted by Crippen LogP contribution is -2.43. The molecule has 40 heavy (non-hydrogen) atoms. The van der Waals surface area contributed by atoms with Crippen LogP contribution in [0.5, 0.6) is 0 Å². The van der Waals surface area contributed by atoms with E-state index >= 15 is 0 Å². The van der Waals surface area contributed by atoms with Gasteiger partial charge < -0.3 is 0 Å². The minimum atomic E-state index is -0.0637. The van der Waals surface area contributed by atoms with Gasteiger partial charge in [0.1, 0.15) is 11.6 Å². The number of hydrogen-bond donors (Lipinski definition) is 0. The highest BCUT2D eigenvalue weighted by Gasteiger charge is 2.63. The second-order valence-electron chi connectivity index (χ2n) is 11.4. The van der Waals surface area contributed by atoms with Crippen LogP contribution in [0, 0.1) is 23.7 Å². The van der Waals surface area contributed by atoms with Gasteiger partial charge in [-0.15, -0.1) is 45.3 Å². The van der Waals surface area contributed by atoms with Crippen molar-refractivity contribution in [3.63, 3.8) is 0 Å². The molecule has 7 rings (SSSR count). The predicted octanol–water partition coefficient (Wildman–Crippen LogP) is 10.4.